The predicted molar refractivity (Wildman–Crippen MR) is 198 cm³/mol. The zero-order valence-corrected chi connectivity index (χ0v) is 32.0. The quantitative estimate of drug-likeness (QED) is 0.0284. The highest BCUT2D eigenvalue weighted by Gasteiger charge is 2.22. The molecule has 0 aromatic heterocycles. The van der Waals surface area contributed by atoms with Gasteiger partial charge in [-0.3, -0.25) is 14.1 Å². The van der Waals surface area contributed by atoms with Crippen LogP contribution in [0.1, 0.15) is 206 Å². The van der Waals surface area contributed by atoms with Crippen LogP contribution in [-0.4, -0.2) is 41.0 Å². The van der Waals surface area contributed by atoms with Crippen molar-refractivity contribution < 1.29 is 37.9 Å². The van der Waals surface area contributed by atoms with Crippen molar-refractivity contribution in [3.8, 4) is 0 Å². The Balaban J connectivity index is 3.95. The van der Waals surface area contributed by atoms with Gasteiger partial charge in [0.25, 0.3) is 0 Å². The van der Waals surface area contributed by atoms with Crippen molar-refractivity contribution in [2.75, 3.05) is 13.2 Å². The highest BCUT2D eigenvalue weighted by molar-refractivity contribution is 7.46. The molecule has 0 amide bonds. The summed E-state index contributed by atoms with van der Waals surface area (Å²) < 4.78 is 26.3. The fraction of sp³-hybridized carbons (Fsp3) is 0.897. The smallest absolute Gasteiger partial charge is 0.462 e. The minimum Gasteiger partial charge on any atom is -0.462 e. The maximum absolute atomic E-state index is 12.3. The molecule has 2 N–H and O–H groups in total. The molecule has 48 heavy (non-hydrogen) atoms. The van der Waals surface area contributed by atoms with Gasteiger partial charge >= 0.3 is 19.8 Å². The summed E-state index contributed by atoms with van der Waals surface area (Å²) >= 11 is 0. The molecular formula is C39H75O8P. The third-order valence-corrected chi connectivity index (χ3v) is 9.28. The predicted octanol–water partition coefficient (Wildman–Crippen LogP) is 11.8. The fourth-order valence-electron chi connectivity index (χ4n) is 5.80. The van der Waals surface area contributed by atoms with E-state index in [1.165, 1.54) is 141 Å². The van der Waals surface area contributed by atoms with E-state index in [2.05, 4.69) is 24.4 Å². The van der Waals surface area contributed by atoms with E-state index in [0.717, 1.165) is 32.1 Å². The molecule has 0 bridgehead atoms. The Hall–Kier alpha value is -1.21. The summed E-state index contributed by atoms with van der Waals surface area (Å²) in [7, 11) is -4.75. The van der Waals surface area contributed by atoms with Gasteiger partial charge in [0.05, 0.1) is 6.61 Å². The van der Waals surface area contributed by atoms with Crippen molar-refractivity contribution >= 4 is 19.8 Å². The van der Waals surface area contributed by atoms with Crippen LogP contribution in [0.4, 0.5) is 0 Å². The Kier molecular flexibility index (Phi) is 34.7. The highest BCUT2D eigenvalue weighted by Crippen LogP contribution is 2.36. The van der Waals surface area contributed by atoms with E-state index in [4.69, 9.17) is 19.3 Å². The van der Waals surface area contributed by atoms with Crippen molar-refractivity contribution in [1.29, 1.82) is 0 Å². The second-order valence-electron chi connectivity index (χ2n) is 13.6. The topological polar surface area (TPSA) is 119 Å². The van der Waals surface area contributed by atoms with Crippen LogP contribution >= 0.6 is 7.82 Å². The van der Waals surface area contributed by atoms with Crippen LogP contribution in [0, 0.1) is 0 Å². The Morgan fingerprint density at radius 2 is 0.917 bits per heavy atom. The number of hydrogen-bond acceptors (Lipinski definition) is 6. The molecule has 284 valence electrons. The maximum Gasteiger partial charge on any atom is 0.469 e. The van der Waals surface area contributed by atoms with Crippen LogP contribution < -0.4 is 0 Å². The zero-order chi connectivity index (χ0) is 35.4. The van der Waals surface area contributed by atoms with E-state index in [0.29, 0.717) is 6.42 Å². The highest BCUT2D eigenvalue weighted by atomic mass is 31.2. The van der Waals surface area contributed by atoms with Crippen molar-refractivity contribution in [3.63, 3.8) is 0 Å². The van der Waals surface area contributed by atoms with Gasteiger partial charge in [0.2, 0.25) is 0 Å². The summed E-state index contributed by atoms with van der Waals surface area (Å²) in [4.78, 5) is 42.7. The summed E-state index contributed by atoms with van der Waals surface area (Å²) in [6, 6.07) is 0. The number of allylic oxidation sites excluding steroid dienone is 2. The molecule has 0 aromatic carbocycles. The van der Waals surface area contributed by atoms with Gasteiger partial charge in [0.15, 0.2) is 6.10 Å². The van der Waals surface area contributed by atoms with Gasteiger partial charge < -0.3 is 19.3 Å². The molecule has 0 heterocycles. The molecule has 0 fully saturated rings. The van der Waals surface area contributed by atoms with E-state index < -0.39 is 32.5 Å². The number of phosphoric ester groups is 1. The van der Waals surface area contributed by atoms with Gasteiger partial charge in [0.1, 0.15) is 6.61 Å². The second-order valence-corrected chi connectivity index (χ2v) is 14.9. The first-order valence-electron chi connectivity index (χ1n) is 20.0. The van der Waals surface area contributed by atoms with Gasteiger partial charge in [-0.1, -0.05) is 180 Å². The number of carbonyl (C=O) groups excluding carboxylic acids is 2. The van der Waals surface area contributed by atoms with Gasteiger partial charge in [-0.25, -0.2) is 4.57 Å². The normalized spacial score (nSPS) is 12.5. The van der Waals surface area contributed by atoms with Crippen molar-refractivity contribution in [2.45, 2.75) is 213 Å². The Morgan fingerprint density at radius 1 is 0.521 bits per heavy atom. The summed E-state index contributed by atoms with van der Waals surface area (Å²) in [6.07, 6.45) is 38.0. The number of ether oxygens (including phenoxy) is 2. The van der Waals surface area contributed by atoms with Crippen LogP contribution in [0.25, 0.3) is 0 Å². The summed E-state index contributed by atoms with van der Waals surface area (Å²) in [5.74, 6) is -0.931. The monoisotopic (exact) mass is 703 g/mol. The Labute approximate surface area is 295 Å². The first kappa shape index (κ1) is 46.8. The van der Waals surface area contributed by atoms with Gasteiger partial charge in [-0.15, -0.1) is 0 Å². The molecular weight excluding hydrogens is 627 g/mol. The van der Waals surface area contributed by atoms with E-state index in [9.17, 15) is 14.2 Å². The SMILES string of the molecule is CCCCCCCCCCCCC/C=C/CCC(=O)O[C@H](COC(=O)CCCCCCCCCCCCCCCCC)COP(=O)(O)O. The minimum absolute atomic E-state index is 0.133. The van der Waals surface area contributed by atoms with E-state index in [1.54, 1.807) is 0 Å². The minimum atomic E-state index is -4.75. The first-order valence-corrected chi connectivity index (χ1v) is 21.5. The number of phosphoric acid groups is 1. The number of esters is 2. The average Bonchev–Trinajstić information content (AvgIpc) is 3.05. The summed E-state index contributed by atoms with van der Waals surface area (Å²) in [5, 5.41) is 0. The third kappa shape index (κ3) is 37.6. The van der Waals surface area contributed by atoms with Crippen LogP contribution in [0.2, 0.25) is 0 Å². The molecule has 0 rings (SSSR count). The van der Waals surface area contributed by atoms with Crippen molar-refractivity contribution in [2.24, 2.45) is 0 Å². The molecule has 0 aliphatic rings. The lowest BCUT2D eigenvalue weighted by atomic mass is 10.0. The number of hydrogen-bond donors (Lipinski definition) is 2. The molecule has 8 nitrogen and oxygen atoms in total. The largest absolute Gasteiger partial charge is 0.469 e. The number of unbranched alkanes of at least 4 members (excludes halogenated alkanes) is 25. The van der Waals surface area contributed by atoms with Gasteiger partial charge in [0, 0.05) is 12.8 Å². The lowest BCUT2D eigenvalue weighted by molar-refractivity contribution is -0.161. The zero-order valence-electron chi connectivity index (χ0n) is 31.2. The molecule has 9 heteroatoms. The number of rotatable bonds is 37. The second kappa shape index (κ2) is 35.6. The molecule has 0 radical (unpaired) electrons. The fourth-order valence-corrected chi connectivity index (χ4v) is 6.16. The maximum atomic E-state index is 12.3. The van der Waals surface area contributed by atoms with Crippen LogP contribution in [0.3, 0.4) is 0 Å². The molecule has 0 saturated heterocycles. The molecule has 0 unspecified atom stereocenters. The van der Waals surface area contributed by atoms with E-state index in [-0.39, 0.29) is 19.4 Å². The summed E-state index contributed by atoms with van der Waals surface area (Å²) in [5.41, 5.74) is 0. The van der Waals surface area contributed by atoms with Crippen LogP contribution in [-0.2, 0) is 28.2 Å². The lowest BCUT2D eigenvalue weighted by Crippen LogP contribution is -2.29. The number of carbonyl (C=O) groups is 2. The lowest BCUT2D eigenvalue weighted by Gasteiger charge is -2.18. The molecule has 0 aliphatic heterocycles. The van der Waals surface area contributed by atoms with Gasteiger partial charge in [-0.2, -0.15) is 0 Å². The molecule has 0 saturated carbocycles. The molecule has 0 aliphatic carbocycles. The first-order chi connectivity index (χ1) is 23.3. The van der Waals surface area contributed by atoms with E-state index >= 15 is 0 Å². The third-order valence-electron chi connectivity index (χ3n) is 8.80. The molecule has 0 aromatic rings. The van der Waals surface area contributed by atoms with Crippen LogP contribution in [0.15, 0.2) is 12.2 Å². The summed E-state index contributed by atoms with van der Waals surface area (Å²) in [6.45, 7) is 3.67. The van der Waals surface area contributed by atoms with Crippen LogP contribution in [0.5, 0.6) is 0 Å². The van der Waals surface area contributed by atoms with E-state index in [1.807, 2.05) is 6.08 Å². The van der Waals surface area contributed by atoms with Crippen molar-refractivity contribution in [3.05, 3.63) is 12.2 Å². The Morgan fingerprint density at radius 3 is 1.35 bits per heavy atom. The Bertz CT molecular complexity index is 797. The van der Waals surface area contributed by atoms with Crippen molar-refractivity contribution in [1.82, 2.24) is 0 Å². The molecule has 0 spiro atoms. The molecule has 1 atom stereocenters. The standard InChI is InChI=1S/C39H75O8P/c1-3-5-7-9-11-13-15-17-19-21-23-25-27-29-31-33-38(40)45-35-37(36-46-48(42,43)44)47-39(41)34-32-30-28-26-24-22-20-18-16-14-12-10-8-6-4-2/h28,30,37H,3-27,29,31-36H2,1-2H3,(H2,42,43,44)/b30-28+/t37-/m1/s1. The average molecular weight is 703 g/mol. The van der Waals surface area contributed by atoms with Gasteiger partial charge in [-0.05, 0) is 25.7 Å².